The van der Waals surface area contributed by atoms with Gasteiger partial charge in [-0.15, -0.1) is 10.2 Å². The van der Waals surface area contributed by atoms with Crippen LogP contribution in [0.5, 0.6) is 0 Å². The number of rotatable bonds is 8. The molecule has 0 spiro atoms. The van der Waals surface area contributed by atoms with Crippen LogP contribution in [0.15, 0.2) is 30.3 Å². The summed E-state index contributed by atoms with van der Waals surface area (Å²) in [6.45, 7) is 6.08. The van der Waals surface area contributed by atoms with Crippen molar-refractivity contribution in [2.24, 2.45) is 5.92 Å². The van der Waals surface area contributed by atoms with Crippen LogP contribution in [0.25, 0.3) is 11.4 Å². The Balaban J connectivity index is 2.10. The first kappa shape index (κ1) is 18.1. The largest absolute Gasteiger partial charge is 0.391 e. The summed E-state index contributed by atoms with van der Waals surface area (Å²) in [5, 5.41) is 25.0. The molecule has 2 rings (SSSR count). The first-order chi connectivity index (χ1) is 11.5. The van der Waals surface area contributed by atoms with Gasteiger partial charge in [-0.1, -0.05) is 57.5 Å². The van der Waals surface area contributed by atoms with Gasteiger partial charge in [0.2, 0.25) is 11.7 Å². The average molecular weight is 331 g/mol. The average Bonchev–Trinajstić information content (AvgIpc) is 3.03. The maximum absolute atomic E-state index is 12.5. The van der Waals surface area contributed by atoms with Gasteiger partial charge < -0.3 is 10.4 Å². The molecule has 0 aliphatic heterocycles. The maximum atomic E-state index is 12.5. The third-order valence-corrected chi connectivity index (χ3v) is 3.74. The number of hydrogen-bond acceptors (Lipinski definition) is 5. The van der Waals surface area contributed by atoms with E-state index in [0.717, 1.165) is 12.0 Å². The topological polar surface area (TPSA) is 92.9 Å². The molecular weight excluding hydrogens is 306 g/mol. The van der Waals surface area contributed by atoms with Crippen LogP contribution in [-0.2, 0) is 4.79 Å². The molecule has 1 heterocycles. The summed E-state index contributed by atoms with van der Waals surface area (Å²) in [5.74, 6) is 0.267. The highest BCUT2D eigenvalue weighted by molar-refractivity contribution is 5.80. The second kappa shape index (κ2) is 8.54. The van der Waals surface area contributed by atoms with Crippen LogP contribution in [0.3, 0.4) is 0 Å². The Kier molecular flexibility index (Phi) is 6.43. The van der Waals surface area contributed by atoms with Crippen LogP contribution in [0.4, 0.5) is 0 Å². The Morgan fingerprint density at radius 2 is 2.00 bits per heavy atom. The van der Waals surface area contributed by atoms with Gasteiger partial charge in [0.1, 0.15) is 0 Å². The summed E-state index contributed by atoms with van der Waals surface area (Å²) in [6.07, 6.45) is 0.998. The summed E-state index contributed by atoms with van der Waals surface area (Å²) in [4.78, 5) is 13.8. The van der Waals surface area contributed by atoms with Gasteiger partial charge in [0, 0.05) is 12.1 Å². The first-order valence-corrected chi connectivity index (χ1v) is 8.33. The molecule has 0 fully saturated rings. The Hall–Kier alpha value is -2.28. The molecular formula is C17H25N5O2. The van der Waals surface area contributed by atoms with E-state index in [0.29, 0.717) is 12.2 Å². The highest BCUT2D eigenvalue weighted by Gasteiger charge is 2.27. The molecule has 0 saturated heterocycles. The Morgan fingerprint density at radius 3 is 2.62 bits per heavy atom. The van der Waals surface area contributed by atoms with E-state index in [9.17, 15) is 9.90 Å². The number of nitrogens with one attached hydrogen (secondary N) is 1. The molecule has 0 radical (unpaired) electrons. The molecule has 2 atom stereocenters. The molecule has 1 aromatic heterocycles. The molecule has 2 N–H and O–H groups in total. The standard InChI is InChI=1S/C17H25N5O2/c1-4-8-14(23)11-18-17(24)15(12(2)3)22-20-16(19-21-22)13-9-6-5-7-10-13/h5-7,9-10,12,14-15,23H,4,8,11H2,1-3H3,(H,18,24). The first-order valence-electron chi connectivity index (χ1n) is 8.33. The number of carbonyl (C=O) groups excluding carboxylic acids is 1. The summed E-state index contributed by atoms with van der Waals surface area (Å²) in [7, 11) is 0. The fourth-order valence-electron chi connectivity index (χ4n) is 2.48. The molecule has 1 amide bonds. The number of hydrogen-bond donors (Lipinski definition) is 2. The third-order valence-electron chi connectivity index (χ3n) is 3.74. The van der Waals surface area contributed by atoms with Crippen molar-refractivity contribution in [3.8, 4) is 11.4 Å². The molecule has 7 heteroatoms. The summed E-state index contributed by atoms with van der Waals surface area (Å²) < 4.78 is 0. The third kappa shape index (κ3) is 4.61. The number of tetrazole rings is 1. The van der Waals surface area contributed by atoms with E-state index in [4.69, 9.17) is 0 Å². The van der Waals surface area contributed by atoms with Gasteiger partial charge >= 0.3 is 0 Å². The van der Waals surface area contributed by atoms with Crippen molar-refractivity contribution in [3.05, 3.63) is 30.3 Å². The quantitative estimate of drug-likeness (QED) is 0.769. The Bertz CT molecular complexity index is 641. The molecule has 130 valence electrons. The van der Waals surface area contributed by atoms with Crippen LogP contribution < -0.4 is 5.32 Å². The molecule has 24 heavy (non-hydrogen) atoms. The second-order valence-electron chi connectivity index (χ2n) is 6.18. The molecule has 7 nitrogen and oxygen atoms in total. The predicted octanol–water partition coefficient (Wildman–Crippen LogP) is 1.81. The Morgan fingerprint density at radius 1 is 1.29 bits per heavy atom. The predicted molar refractivity (Wildman–Crippen MR) is 91.1 cm³/mol. The zero-order valence-electron chi connectivity index (χ0n) is 14.4. The summed E-state index contributed by atoms with van der Waals surface area (Å²) in [5.41, 5.74) is 0.852. The smallest absolute Gasteiger partial charge is 0.247 e. The number of benzene rings is 1. The molecule has 2 unspecified atom stereocenters. The fourth-order valence-corrected chi connectivity index (χ4v) is 2.48. The fraction of sp³-hybridized carbons (Fsp3) is 0.529. The SMILES string of the molecule is CCCC(O)CNC(=O)C(C(C)C)n1nnc(-c2ccccc2)n1. The normalized spacial score (nSPS) is 13.7. The van der Waals surface area contributed by atoms with E-state index < -0.39 is 12.1 Å². The van der Waals surface area contributed by atoms with Gasteiger partial charge in [-0.25, -0.2) is 0 Å². The summed E-state index contributed by atoms with van der Waals surface area (Å²) in [6, 6.07) is 8.94. The molecule has 0 saturated carbocycles. The van der Waals surface area contributed by atoms with Gasteiger partial charge in [0.25, 0.3) is 0 Å². The lowest BCUT2D eigenvalue weighted by molar-refractivity contribution is -0.126. The van der Waals surface area contributed by atoms with E-state index in [1.54, 1.807) is 0 Å². The molecule has 0 bridgehead atoms. The summed E-state index contributed by atoms with van der Waals surface area (Å²) >= 11 is 0. The minimum Gasteiger partial charge on any atom is -0.391 e. The second-order valence-corrected chi connectivity index (χ2v) is 6.18. The van der Waals surface area contributed by atoms with Crippen molar-refractivity contribution in [3.63, 3.8) is 0 Å². The van der Waals surface area contributed by atoms with Crippen LogP contribution in [-0.4, -0.2) is 43.9 Å². The molecule has 0 aliphatic carbocycles. The zero-order valence-corrected chi connectivity index (χ0v) is 14.4. The van der Waals surface area contributed by atoms with Crippen LogP contribution in [0, 0.1) is 5.92 Å². The lowest BCUT2D eigenvalue weighted by Gasteiger charge is -2.20. The van der Waals surface area contributed by atoms with Crippen molar-refractivity contribution in [2.45, 2.75) is 45.8 Å². The lowest BCUT2D eigenvalue weighted by atomic mass is 10.0. The lowest BCUT2D eigenvalue weighted by Crippen LogP contribution is -2.40. The zero-order chi connectivity index (χ0) is 17.5. The van der Waals surface area contributed by atoms with E-state index in [2.05, 4.69) is 20.7 Å². The number of amides is 1. The van der Waals surface area contributed by atoms with E-state index in [-0.39, 0.29) is 18.4 Å². The maximum Gasteiger partial charge on any atom is 0.247 e. The van der Waals surface area contributed by atoms with Gasteiger partial charge in [-0.2, -0.15) is 4.80 Å². The molecule has 0 aliphatic rings. The molecule has 1 aromatic carbocycles. The van der Waals surface area contributed by atoms with Crippen molar-refractivity contribution < 1.29 is 9.90 Å². The minimum absolute atomic E-state index is 0.00820. The van der Waals surface area contributed by atoms with Crippen LogP contribution >= 0.6 is 0 Å². The van der Waals surface area contributed by atoms with Crippen molar-refractivity contribution in [1.82, 2.24) is 25.5 Å². The van der Waals surface area contributed by atoms with E-state index >= 15 is 0 Å². The number of aliphatic hydroxyl groups excluding tert-OH is 1. The highest BCUT2D eigenvalue weighted by Crippen LogP contribution is 2.18. The van der Waals surface area contributed by atoms with E-state index in [1.807, 2.05) is 51.1 Å². The van der Waals surface area contributed by atoms with E-state index in [1.165, 1.54) is 4.80 Å². The van der Waals surface area contributed by atoms with Crippen molar-refractivity contribution >= 4 is 5.91 Å². The van der Waals surface area contributed by atoms with Crippen molar-refractivity contribution in [1.29, 1.82) is 0 Å². The highest BCUT2D eigenvalue weighted by atomic mass is 16.3. The van der Waals surface area contributed by atoms with Crippen LogP contribution in [0.1, 0.15) is 39.7 Å². The molecule has 2 aromatic rings. The Labute approximate surface area is 142 Å². The van der Waals surface area contributed by atoms with Gasteiger partial charge in [-0.05, 0) is 17.6 Å². The van der Waals surface area contributed by atoms with Gasteiger partial charge in [0.15, 0.2) is 6.04 Å². The number of carbonyl (C=O) groups is 1. The number of aromatic nitrogens is 4. The van der Waals surface area contributed by atoms with Gasteiger partial charge in [0.05, 0.1) is 6.10 Å². The van der Waals surface area contributed by atoms with Crippen molar-refractivity contribution in [2.75, 3.05) is 6.54 Å². The number of nitrogens with zero attached hydrogens (tertiary/aromatic N) is 4. The number of aliphatic hydroxyl groups is 1. The van der Waals surface area contributed by atoms with Gasteiger partial charge in [-0.3, -0.25) is 4.79 Å². The minimum atomic E-state index is -0.566. The van der Waals surface area contributed by atoms with Crippen LogP contribution in [0.2, 0.25) is 0 Å². The monoisotopic (exact) mass is 331 g/mol.